The first-order valence-corrected chi connectivity index (χ1v) is 13.4. The van der Waals surface area contributed by atoms with Gasteiger partial charge in [-0.3, -0.25) is 10.1 Å². The topological polar surface area (TPSA) is 43.1 Å². The van der Waals surface area contributed by atoms with Crippen LogP contribution in [0.5, 0.6) is 0 Å². The van der Waals surface area contributed by atoms with Crippen molar-refractivity contribution in [3.8, 4) is 33.4 Å². The predicted molar refractivity (Wildman–Crippen MR) is 161 cm³/mol. The molecule has 6 aromatic carbocycles. The molecule has 0 heterocycles. The third-order valence-corrected chi connectivity index (χ3v) is 8.07. The average Bonchev–Trinajstić information content (AvgIpc) is 3.32. The van der Waals surface area contributed by atoms with Crippen LogP contribution in [-0.4, -0.2) is 4.92 Å². The Morgan fingerprint density at radius 3 is 1.50 bits per heavy atom. The minimum absolute atomic E-state index is 0.106. The number of benzene rings is 6. The van der Waals surface area contributed by atoms with E-state index in [0.717, 1.165) is 38.9 Å². The molecule has 0 radical (unpaired) electrons. The van der Waals surface area contributed by atoms with E-state index < -0.39 is 5.41 Å². The van der Waals surface area contributed by atoms with Crippen LogP contribution < -0.4 is 0 Å². The van der Waals surface area contributed by atoms with Crippen molar-refractivity contribution in [1.82, 2.24) is 0 Å². The van der Waals surface area contributed by atoms with Gasteiger partial charge in [-0.2, -0.15) is 0 Å². The van der Waals surface area contributed by atoms with Crippen molar-refractivity contribution in [1.29, 1.82) is 0 Å². The van der Waals surface area contributed by atoms with E-state index in [1.54, 1.807) is 12.1 Å². The Hall–Kier alpha value is -5.28. The number of nitro benzene ring substituents is 1. The van der Waals surface area contributed by atoms with Gasteiger partial charge in [0.1, 0.15) is 0 Å². The summed E-state index contributed by atoms with van der Waals surface area (Å²) in [6.45, 7) is 0. The number of nitrogens with zero attached hydrogens (tertiary/aromatic N) is 1. The zero-order valence-corrected chi connectivity index (χ0v) is 21.7. The van der Waals surface area contributed by atoms with Crippen LogP contribution in [0, 0.1) is 10.1 Å². The Morgan fingerprint density at radius 1 is 0.450 bits per heavy atom. The molecule has 0 atom stereocenters. The minimum atomic E-state index is -0.600. The highest BCUT2D eigenvalue weighted by Crippen LogP contribution is 2.57. The smallest absolute Gasteiger partial charge is 0.258 e. The quantitative estimate of drug-likeness (QED) is 0.169. The fraction of sp³-hybridized carbons (Fsp3) is 0.0270. The number of nitro groups is 1. The largest absolute Gasteiger partial charge is 0.277 e. The second-order valence-corrected chi connectivity index (χ2v) is 10.1. The van der Waals surface area contributed by atoms with Crippen LogP contribution in [0.15, 0.2) is 152 Å². The highest BCUT2D eigenvalue weighted by atomic mass is 16.6. The summed E-state index contributed by atoms with van der Waals surface area (Å²) in [7, 11) is 0. The molecule has 3 nitrogen and oxygen atoms in total. The predicted octanol–water partition coefficient (Wildman–Crippen LogP) is 9.29. The van der Waals surface area contributed by atoms with Gasteiger partial charge in [-0.1, -0.05) is 127 Å². The van der Waals surface area contributed by atoms with Crippen molar-refractivity contribution in [3.63, 3.8) is 0 Å². The van der Waals surface area contributed by atoms with Gasteiger partial charge in [0.2, 0.25) is 0 Å². The molecule has 1 aliphatic carbocycles. The molecule has 0 amide bonds. The molecule has 0 aliphatic heterocycles. The van der Waals surface area contributed by atoms with Crippen molar-refractivity contribution in [2.45, 2.75) is 5.41 Å². The van der Waals surface area contributed by atoms with E-state index in [2.05, 4.69) is 103 Å². The van der Waals surface area contributed by atoms with Gasteiger partial charge in [-0.15, -0.1) is 0 Å². The summed E-state index contributed by atoms with van der Waals surface area (Å²) in [5.41, 5.74) is 10.2. The highest BCUT2D eigenvalue weighted by Gasteiger charge is 2.46. The normalized spacial score (nSPS) is 12.9. The molecule has 0 bridgehead atoms. The zero-order chi connectivity index (χ0) is 27.1. The van der Waals surface area contributed by atoms with Crippen molar-refractivity contribution in [3.05, 3.63) is 184 Å². The Labute approximate surface area is 233 Å². The van der Waals surface area contributed by atoms with Gasteiger partial charge in [-0.05, 0) is 68.3 Å². The molecule has 40 heavy (non-hydrogen) atoms. The second-order valence-electron chi connectivity index (χ2n) is 10.1. The Bertz CT molecular complexity index is 1820. The van der Waals surface area contributed by atoms with Gasteiger partial charge in [0.05, 0.1) is 15.9 Å². The maximum atomic E-state index is 12.0. The molecular formula is C37H25NO2. The second kappa shape index (κ2) is 9.48. The van der Waals surface area contributed by atoms with Crippen LogP contribution in [0.1, 0.15) is 22.3 Å². The van der Waals surface area contributed by atoms with E-state index in [-0.39, 0.29) is 10.6 Å². The van der Waals surface area contributed by atoms with E-state index in [1.807, 2.05) is 36.4 Å². The average molecular weight is 516 g/mol. The van der Waals surface area contributed by atoms with E-state index in [9.17, 15) is 10.1 Å². The van der Waals surface area contributed by atoms with Crippen LogP contribution in [-0.2, 0) is 5.41 Å². The van der Waals surface area contributed by atoms with Crippen LogP contribution in [0.4, 0.5) is 5.69 Å². The summed E-state index contributed by atoms with van der Waals surface area (Å²) in [5, 5.41) is 12.0. The standard InChI is InChI=1S/C37H25NO2/c39-38(40)36-19-11-10-18-31(36)28-21-23-33-32-22-20-27(26-12-4-1-5-13-26)24-34(32)37(35(33)25-28,29-14-6-2-7-15-29)30-16-8-3-9-17-30/h1-25H. The number of rotatable bonds is 5. The number of fused-ring (bicyclic) bond motifs is 3. The minimum Gasteiger partial charge on any atom is -0.258 e. The molecule has 3 heteroatoms. The molecule has 0 fully saturated rings. The van der Waals surface area contributed by atoms with Gasteiger partial charge >= 0.3 is 0 Å². The molecule has 0 aromatic heterocycles. The Kier molecular flexibility index (Phi) is 5.64. The summed E-state index contributed by atoms with van der Waals surface area (Å²) in [5.74, 6) is 0. The van der Waals surface area contributed by atoms with Gasteiger partial charge in [-0.25, -0.2) is 0 Å². The summed E-state index contributed by atoms with van der Waals surface area (Å²) < 4.78 is 0. The summed E-state index contributed by atoms with van der Waals surface area (Å²) >= 11 is 0. The summed E-state index contributed by atoms with van der Waals surface area (Å²) in [6, 6.07) is 51.7. The highest BCUT2D eigenvalue weighted by molar-refractivity contribution is 5.90. The van der Waals surface area contributed by atoms with Gasteiger partial charge < -0.3 is 0 Å². The van der Waals surface area contributed by atoms with E-state index in [1.165, 1.54) is 11.1 Å². The first-order chi connectivity index (χ1) is 19.7. The molecule has 0 unspecified atom stereocenters. The van der Waals surface area contributed by atoms with Gasteiger partial charge in [0.25, 0.3) is 5.69 Å². The van der Waals surface area contributed by atoms with Crippen molar-refractivity contribution in [2.75, 3.05) is 0 Å². The molecule has 0 N–H and O–H groups in total. The third-order valence-electron chi connectivity index (χ3n) is 8.07. The fourth-order valence-electron chi connectivity index (χ4n) is 6.34. The van der Waals surface area contributed by atoms with Crippen LogP contribution >= 0.6 is 0 Å². The molecule has 6 aromatic rings. The van der Waals surface area contributed by atoms with Crippen molar-refractivity contribution in [2.24, 2.45) is 0 Å². The van der Waals surface area contributed by atoms with Crippen LogP contribution in [0.2, 0.25) is 0 Å². The van der Waals surface area contributed by atoms with E-state index >= 15 is 0 Å². The zero-order valence-electron chi connectivity index (χ0n) is 21.7. The Morgan fingerprint density at radius 2 is 0.925 bits per heavy atom. The Balaban J connectivity index is 1.58. The lowest BCUT2D eigenvalue weighted by Crippen LogP contribution is -2.28. The lowest BCUT2D eigenvalue weighted by Gasteiger charge is -2.34. The molecule has 7 rings (SSSR count). The van der Waals surface area contributed by atoms with Crippen LogP contribution in [0.3, 0.4) is 0 Å². The van der Waals surface area contributed by atoms with E-state index in [4.69, 9.17) is 0 Å². The number of hydrogen-bond acceptors (Lipinski definition) is 2. The third kappa shape index (κ3) is 3.59. The maximum absolute atomic E-state index is 12.0. The van der Waals surface area contributed by atoms with Crippen LogP contribution in [0.25, 0.3) is 33.4 Å². The van der Waals surface area contributed by atoms with Gasteiger partial charge in [0, 0.05) is 6.07 Å². The monoisotopic (exact) mass is 515 g/mol. The first kappa shape index (κ1) is 23.8. The van der Waals surface area contributed by atoms with E-state index in [0.29, 0.717) is 5.56 Å². The van der Waals surface area contributed by atoms with Crippen molar-refractivity contribution < 1.29 is 4.92 Å². The lowest BCUT2D eigenvalue weighted by atomic mass is 9.67. The first-order valence-electron chi connectivity index (χ1n) is 13.4. The molecule has 0 spiro atoms. The summed E-state index contributed by atoms with van der Waals surface area (Å²) in [6.07, 6.45) is 0. The molecule has 190 valence electrons. The molecular weight excluding hydrogens is 490 g/mol. The van der Waals surface area contributed by atoms with Gasteiger partial charge in [0.15, 0.2) is 0 Å². The number of para-hydroxylation sites is 1. The van der Waals surface area contributed by atoms with Crippen molar-refractivity contribution >= 4 is 5.69 Å². The molecule has 1 aliphatic rings. The maximum Gasteiger partial charge on any atom is 0.277 e. The number of hydrogen-bond donors (Lipinski definition) is 0. The summed E-state index contributed by atoms with van der Waals surface area (Å²) in [4.78, 5) is 11.7. The molecule has 0 saturated heterocycles. The lowest BCUT2D eigenvalue weighted by molar-refractivity contribution is -0.384. The molecule has 0 saturated carbocycles. The fourth-order valence-corrected chi connectivity index (χ4v) is 6.34. The SMILES string of the molecule is O=[N+]([O-])c1ccccc1-c1ccc2c(c1)C(c1ccccc1)(c1ccccc1)c1cc(-c3ccccc3)ccc1-2.